The Morgan fingerprint density at radius 3 is 2.17 bits per heavy atom. The van der Waals surface area contributed by atoms with E-state index in [4.69, 9.17) is 18.9 Å². The fourth-order valence-corrected chi connectivity index (χ4v) is 5.04. The third-order valence-corrected chi connectivity index (χ3v) is 6.48. The summed E-state index contributed by atoms with van der Waals surface area (Å²) in [7, 11) is 3.36. The van der Waals surface area contributed by atoms with Crippen molar-refractivity contribution in [3.05, 3.63) is 27.7 Å². The number of hydrogen-bond acceptors (Lipinski definition) is 4. The van der Waals surface area contributed by atoms with Gasteiger partial charge in [0.05, 0.1) is 27.4 Å². The van der Waals surface area contributed by atoms with Crippen molar-refractivity contribution in [1.82, 2.24) is 0 Å². The molecule has 1 aromatic rings. The average molecular weight is 381 g/mol. The summed E-state index contributed by atoms with van der Waals surface area (Å²) < 4.78 is 24.0. The SMILES string of the molecule is COc1cc2c(cc1OC)C1(CCC3(CC1)OCCO3)C(Br)=C2. The number of hydrogen-bond donors (Lipinski definition) is 0. The van der Waals surface area contributed by atoms with Crippen LogP contribution in [-0.4, -0.2) is 33.2 Å². The van der Waals surface area contributed by atoms with Crippen LogP contribution >= 0.6 is 15.9 Å². The summed E-state index contributed by atoms with van der Waals surface area (Å²) >= 11 is 3.83. The second kappa shape index (κ2) is 5.50. The first-order valence-electron chi connectivity index (χ1n) is 8.05. The van der Waals surface area contributed by atoms with E-state index in [1.54, 1.807) is 14.2 Å². The zero-order valence-corrected chi connectivity index (χ0v) is 15.1. The summed E-state index contributed by atoms with van der Waals surface area (Å²) in [6, 6.07) is 4.20. The fourth-order valence-electron chi connectivity index (χ4n) is 4.18. The molecule has 4 nitrogen and oxygen atoms in total. The van der Waals surface area contributed by atoms with Crippen LogP contribution in [0.5, 0.6) is 11.5 Å². The smallest absolute Gasteiger partial charge is 0.168 e. The van der Waals surface area contributed by atoms with Crippen molar-refractivity contribution in [2.24, 2.45) is 0 Å². The number of fused-ring (bicyclic) bond motifs is 2. The van der Waals surface area contributed by atoms with Crippen LogP contribution in [0.1, 0.15) is 36.8 Å². The summed E-state index contributed by atoms with van der Waals surface area (Å²) in [5.74, 6) is 1.21. The first-order chi connectivity index (χ1) is 11.1. The van der Waals surface area contributed by atoms with Crippen molar-refractivity contribution >= 4 is 22.0 Å². The predicted molar refractivity (Wildman–Crippen MR) is 91.2 cm³/mol. The van der Waals surface area contributed by atoms with Gasteiger partial charge in [-0.05, 0) is 42.2 Å². The average Bonchev–Trinajstić information content (AvgIpc) is 3.13. The van der Waals surface area contributed by atoms with E-state index in [2.05, 4.69) is 34.1 Å². The summed E-state index contributed by atoms with van der Waals surface area (Å²) in [5.41, 5.74) is 2.53. The maximum atomic E-state index is 5.89. The van der Waals surface area contributed by atoms with Crippen LogP contribution in [0.25, 0.3) is 6.08 Å². The van der Waals surface area contributed by atoms with Crippen molar-refractivity contribution in [3.63, 3.8) is 0 Å². The van der Waals surface area contributed by atoms with E-state index < -0.39 is 0 Å². The van der Waals surface area contributed by atoms with E-state index in [1.165, 1.54) is 15.6 Å². The largest absolute Gasteiger partial charge is 0.493 e. The monoisotopic (exact) mass is 380 g/mol. The maximum Gasteiger partial charge on any atom is 0.168 e. The molecule has 0 amide bonds. The molecule has 0 unspecified atom stereocenters. The Balaban J connectivity index is 1.71. The number of benzene rings is 1. The molecule has 2 fully saturated rings. The van der Waals surface area contributed by atoms with Crippen molar-refractivity contribution in [3.8, 4) is 11.5 Å². The van der Waals surface area contributed by atoms with Gasteiger partial charge in [0.1, 0.15) is 0 Å². The summed E-state index contributed by atoms with van der Waals surface area (Å²) in [4.78, 5) is 0. The van der Waals surface area contributed by atoms with Crippen molar-refractivity contribution < 1.29 is 18.9 Å². The molecule has 1 heterocycles. The van der Waals surface area contributed by atoms with Crippen LogP contribution < -0.4 is 9.47 Å². The molecule has 5 heteroatoms. The van der Waals surface area contributed by atoms with Crippen molar-refractivity contribution in [2.75, 3.05) is 27.4 Å². The lowest BCUT2D eigenvalue weighted by molar-refractivity contribution is -0.182. The number of allylic oxidation sites excluding steroid dienone is 1. The molecular weight excluding hydrogens is 360 g/mol. The zero-order valence-electron chi connectivity index (χ0n) is 13.5. The van der Waals surface area contributed by atoms with Gasteiger partial charge in [-0.25, -0.2) is 0 Å². The van der Waals surface area contributed by atoms with Crippen LogP contribution in [-0.2, 0) is 14.9 Å². The molecule has 4 rings (SSSR count). The molecule has 0 bridgehead atoms. The molecule has 0 radical (unpaired) electrons. The first kappa shape index (κ1) is 15.5. The maximum absolute atomic E-state index is 5.89. The molecule has 1 saturated carbocycles. The molecule has 1 aliphatic heterocycles. The second-order valence-electron chi connectivity index (χ2n) is 6.48. The van der Waals surface area contributed by atoms with Gasteiger partial charge in [0.15, 0.2) is 17.3 Å². The lowest BCUT2D eigenvalue weighted by Gasteiger charge is -2.42. The summed E-state index contributed by atoms with van der Waals surface area (Å²) in [6.07, 6.45) is 6.07. The molecule has 1 saturated heterocycles. The van der Waals surface area contributed by atoms with Gasteiger partial charge in [-0.2, -0.15) is 0 Å². The molecule has 23 heavy (non-hydrogen) atoms. The second-order valence-corrected chi connectivity index (χ2v) is 7.33. The number of rotatable bonds is 2. The van der Waals surface area contributed by atoms with Gasteiger partial charge in [0.2, 0.25) is 0 Å². The van der Waals surface area contributed by atoms with Crippen LogP contribution in [0.15, 0.2) is 16.6 Å². The van der Waals surface area contributed by atoms with E-state index in [0.29, 0.717) is 13.2 Å². The van der Waals surface area contributed by atoms with Gasteiger partial charge >= 0.3 is 0 Å². The molecule has 0 N–H and O–H groups in total. The third-order valence-electron chi connectivity index (χ3n) is 5.49. The van der Waals surface area contributed by atoms with Crippen LogP contribution in [0.3, 0.4) is 0 Å². The Labute approximate surface area is 144 Å². The number of ether oxygens (including phenoxy) is 4. The van der Waals surface area contributed by atoms with Gasteiger partial charge < -0.3 is 18.9 Å². The highest BCUT2D eigenvalue weighted by molar-refractivity contribution is 9.11. The highest BCUT2D eigenvalue weighted by atomic mass is 79.9. The minimum absolute atomic E-state index is 0.00937. The normalized spacial score (nSPS) is 23.9. The van der Waals surface area contributed by atoms with Gasteiger partial charge in [-0.15, -0.1) is 0 Å². The van der Waals surface area contributed by atoms with Crippen LogP contribution in [0, 0.1) is 0 Å². The number of methoxy groups -OCH3 is 2. The molecular formula is C18H21BrO4. The van der Waals surface area contributed by atoms with E-state index in [0.717, 1.165) is 37.2 Å². The Bertz CT molecular complexity index is 651. The highest BCUT2D eigenvalue weighted by Crippen LogP contribution is 2.57. The quantitative estimate of drug-likeness (QED) is 0.776. The zero-order chi connectivity index (χ0) is 16.1. The van der Waals surface area contributed by atoms with E-state index in [1.807, 2.05) is 0 Å². The lowest BCUT2D eigenvalue weighted by atomic mass is 9.69. The minimum Gasteiger partial charge on any atom is -0.493 e. The van der Waals surface area contributed by atoms with Gasteiger partial charge in [0.25, 0.3) is 0 Å². The molecule has 1 aromatic carbocycles. The van der Waals surface area contributed by atoms with Crippen molar-refractivity contribution in [1.29, 1.82) is 0 Å². The lowest BCUT2D eigenvalue weighted by Crippen LogP contribution is -2.41. The molecule has 124 valence electrons. The Morgan fingerprint density at radius 1 is 0.957 bits per heavy atom. The third kappa shape index (κ3) is 2.24. The Hall–Kier alpha value is -1.04. The summed E-state index contributed by atoms with van der Waals surface area (Å²) in [6.45, 7) is 1.43. The topological polar surface area (TPSA) is 36.9 Å². The van der Waals surface area contributed by atoms with Gasteiger partial charge in [-0.3, -0.25) is 0 Å². The van der Waals surface area contributed by atoms with E-state index in [9.17, 15) is 0 Å². The molecule has 3 aliphatic rings. The highest BCUT2D eigenvalue weighted by Gasteiger charge is 2.50. The van der Waals surface area contributed by atoms with Crippen molar-refractivity contribution in [2.45, 2.75) is 36.9 Å². The first-order valence-corrected chi connectivity index (χ1v) is 8.84. The molecule has 2 spiro atoms. The predicted octanol–water partition coefficient (Wildman–Crippen LogP) is 4.01. The van der Waals surface area contributed by atoms with Gasteiger partial charge in [-0.1, -0.05) is 15.9 Å². The fraction of sp³-hybridized carbons (Fsp3) is 0.556. The van der Waals surface area contributed by atoms with Gasteiger partial charge in [0, 0.05) is 22.7 Å². The summed E-state index contributed by atoms with van der Waals surface area (Å²) in [5, 5.41) is 0. The molecule has 0 atom stereocenters. The molecule has 2 aliphatic carbocycles. The van der Waals surface area contributed by atoms with E-state index in [-0.39, 0.29) is 11.2 Å². The van der Waals surface area contributed by atoms with E-state index >= 15 is 0 Å². The van der Waals surface area contributed by atoms with Crippen LogP contribution in [0.2, 0.25) is 0 Å². The van der Waals surface area contributed by atoms with Crippen LogP contribution in [0.4, 0.5) is 0 Å². The Kier molecular flexibility index (Phi) is 3.70. The Morgan fingerprint density at radius 2 is 1.57 bits per heavy atom. The molecule has 0 aromatic heterocycles. The minimum atomic E-state index is -0.349. The standard InChI is InChI=1S/C18H21BrO4/c1-20-14-9-12-10-16(19)17(13(12)11-15(14)21-2)3-5-18(6-4-17)22-7-8-23-18/h9-11H,3-8H2,1-2H3. The number of halogens is 1.